The molecule has 0 aliphatic carbocycles. The highest BCUT2D eigenvalue weighted by Gasteiger charge is 2.24. The van der Waals surface area contributed by atoms with Crippen LogP contribution in [-0.4, -0.2) is 17.6 Å². The van der Waals surface area contributed by atoms with E-state index >= 15 is 0 Å². The summed E-state index contributed by atoms with van der Waals surface area (Å²) in [6.45, 7) is 1.62. The average Bonchev–Trinajstić information content (AvgIpc) is 2.16. The van der Waals surface area contributed by atoms with E-state index in [1.807, 2.05) is 0 Å². The van der Waals surface area contributed by atoms with Gasteiger partial charge in [-0.1, -0.05) is 0 Å². The van der Waals surface area contributed by atoms with Gasteiger partial charge >= 0.3 is 5.97 Å². The Kier molecular flexibility index (Phi) is 3.60. The summed E-state index contributed by atoms with van der Waals surface area (Å²) in [5, 5.41) is 0. The van der Waals surface area contributed by atoms with Gasteiger partial charge in [-0.15, -0.1) is 0 Å². The number of hydrogen-bond donors (Lipinski definition) is 2. The molecule has 16 heavy (non-hydrogen) atoms. The largest absolute Gasteiger partial charge is 0.462 e. The van der Waals surface area contributed by atoms with Crippen LogP contribution in [0, 0.1) is 0 Å². The van der Waals surface area contributed by atoms with Gasteiger partial charge < -0.3 is 16.2 Å². The van der Waals surface area contributed by atoms with Gasteiger partial charge in [0, 0.05) is 6.07 Å². The molecule has 0 amide bonds. The van der Waals surface area contributed by atoms with E-state index in [0.29, 0.717) is 0 Å². The minimum atomic E-state index is -2.94. The third-order valence-electron chi connectivity index (χ3n) is 1.78. The Hall–Kier alpha value is -1.92. The predicted molar refractivity (Wildman–Crippen MR) is 54.0 cm³/mol. The lowest BCUT2D eigenvalue weighted by Gasteiger charge is -2.10. The second-order valence-electron chi connectivity index (χ2n) is 2.92. The summed E-state index contributed by atoms with van der Waals surface area (Å²) in [5.74, 6) is -1.09. The molecular formula is C9H11F2N3O2. The first-order valence-electron chi connectivity index (χ1n) is 4.48. The van der Waals surface area contributed by atoms with Crippen molar-refractivity contribution in [1.29, 1.82) is 0 Å². The molecule has 0 aromatic carbocycles. The van der Waals surface area contributed by atoms with Gasteiger partial charge in [-0.05, 0) is 6.92 Å². The maximum Gasteiger partial charge on any atom is 0.342 e. The quantitative estimate of drug-likeness (QED) is 0.766. The van der Waals surface area contributed by atoms with Crippen LogP contribution >= 0.6 is 0 Å². The van der Waals surface area contributed by atoms with E-state index in [2.05, 4.69) is 9.72 Å². The Balaban J connectivity index is 3.29. The highest BCUT2D eigenvalue weighted by molar-refractivity contribution is 5.96. The summed E-state index contributed by atoms with van der Waals surface area (Å²) in [4.78, 5) is 14.8. The molecule has 4 N–H and O–H groups in total. The van der Waals surface area contributed by atoms with Crippen LogP contribution in [-0.2, 0) is 4.74 Å². The second-order valence-corrected chi connectivity index (χ2v) is 2.92. The Labute approximate surface area is 90.4 Å². The van der Waals surface area contributed by atoms with E-state index < -0.39 is 23.7 Å². The van der Waals surface area contributed by atoms with Crippen molar-refractivity contribution in [3.8, 4) is 0 Å². The molecule has 7 heteroatoms. The van der Waals surface area contributed by atoms with Crippen LogP contribution in [0.1, 0.15) is 29.4 Å². The Morgan fingerprint density at radius 3 is 2.69 bits per heavy atom. The number of carbonyl (C=O) groups excluding carboxylic acids is 1. The third-order valence-corrected chi connectivity index (χ3v) is 1.78. The number of nitrogen functional groups attached to an aromatic ring is 2. The zero-order valence-electron chi connectivity index (χ0n) is 8.54. The Morgan fingerprint density at radius 2 is 2.19 bits per heavy atom. The lowest BCUT2D eigenvalue weighted by molar-refractivity contribution is 0.0515. The van der Waals surface area contributed by atoms with E-state index in [9.17, 15) is 13.6 Å². The van der Waals surface area contributed by atoms with Gasteiger partial charge in [-0.25, -0.2) is 18.6 Å². The SMILES string of the molecule is CCOC(=O)c1c(N)cc(N)nc1C(F)F. The summed E-state index contributed by atoms with van der Waals surface area (Å²) in [6.07, 6.45) is -2.94. The van der Waals surface area contributed by atoms with Crippen molar-refractivity contribution in [2.45, 2.75) is 13.3 Å². The van der Waals surface area contributed by atoms with Gasteiger partial charge in [-0.2, -0.15) is 0 Å². The normalized spacial score (nSPS) is 10.5. The van der Waals surface area contributed by atoms with E-state index in [0.717, 1.165) is 6.07 Å². The molecule has 5 nitrogen and oxygen atoms in total. The molecule has 1 aromatic rings. The highest BCUT2D eigenvalue weighted by atomic mass is 19.3. The van der Waals surface area contributed by atoms with Crippen LogP contribution in [0.25, 0.3) is 0 Å². The van der Waals surface area contributed by atoms with Gasteiger partial charge in [-0.3, -0.25) is 0 Å². The fourth-order valence-corrected chi connectivity index (χ4v) is 1.19. The van der Waals surface area contributed by atoms with Gasteiger partial charge in [0.05, 0.1) is 12.3 Å². The summed E-state index contributed by atoms with van der Waals surface area (Å²) >= 11 is 0. The molecule has 0 aliphatic rings. The molecule has 0 saturated carbocycles. The van der Waals surface area contributed by atoms with Crippen LogP contribution in [0.5, 0.6) is 0 Å². The van der Waals surface area contributed by atoms with Crippen molar-refractivity contribution in [1.82, 2.24) is 4.98 Å². The molecule has 0 atom stereocenters. The van der Waals surface area contributed by atoms with Crippen LogP contribution in [0.2, 0.25) is 0 Å². The number of halogens is 2. The number of carbonyl (C=O) groups is 1. The molecule has 88 valence electrons. The number of alkyl halides is 2. The maximum absolute atomic E-state index is 12.6. The number of anilines is 2. The number of esters is 1. The lowest BCUT2D eigenvalue weighted by Crippen LogP contribution is -2.14. The van der Waals surface area contributed by atoms with Crippen LogP contribution in [0.4, 0.5) is 20.3 Å². The topological polar surface area (TPSA) is 91.2 Å². The summed E-state index contributed by atoms with van der Waals surface area (Å²) in [7, 11) is 0. The van der Waals surface area contributed by atoms with Crippen LogP contribution < -0.4 is 11.5 Å². The molecule has 0 unspecified atom stereocenters. The Morgan fingerprint density at radius 1 is 1.56 bits per heavy atom. The van der Waals surface area contributed by atoms with Gasteiger partial charge in [0.15, 0.2) is 0 Å². The Bertz CT molecular complexity index is 410. The first-order valence-corrected chi connectivity index (χ1v) is 4.48. The van der Waals surface area contributed by atoms with Crippen molar-refractivity contribution in [2.75, 3.05) is 18.1 Å². The van der Waals surface area contributed by atoms with Gasteiger partial charge in [0.2, 0.25) is 0 Å². The zero-order valence-corrected chi connectivity index (χ0v) is 8.54. The van der Waals surface area contributed by atoms with Crippen molar-refractivity contribution >= 4 is 17.5 Å². The van der Waals surface area contributed by atoms with Crippen molar-refractivity contribution in [3.05, 3.63) is 17.3 Å². The minimum Gasteiger partial charge on any atom is -0.462 e. The lowest BCUT2D eigenvalue weighted by atomic mass is 10.1. The maximum atomic E-state index is 12.6. The molecule has 0 fully saturated rings. The number of rotatable bonds is 3. The van der Waals surface area contributed by atoms with Crippen LogP contribution in [0.15, 0.2) is 6.07 Å². The average molecular weight is 231 g/mol. The first-order chi connectivity index (χ1) is 7.47. The molecule has 1 heterocycles. The van der Waals surface area contributed by atoms with Gasteiger partial charge in [0.25, 0.3) is 6.43 Å². The standard InChI is InChI=1S/C9H11F2N3O2/c1-2-16-9(15)6-4(12)3-5(13)14-7(6)8(10)11/h3,8H,2H2,1H3,(H4,12,13,14). The van der Waals surface area contributed by atoms with E-state index in [1.54, 1.807) is 6.92 Å². The molecule has 0 bridgehead atoms. The summed E-state index contributed by atoms with van der Waals surface area (Å²) in [6, 6.07) is 1.14. The van der Waals surface area contributed by atoms with E-state index in [-0.39, 0.29) is 18.1 Å². The number of pyridine rings is 1. The molecule has 1 aromatic heterocycles. The first kappa shape index (κ1) is 12.2. The number of nitrogens with two attached hydrogens (primary N) is 2. The molecule has 1 rings (SSSR count). The molecule has 0 aliphatic heterocycles. The van der Waals surface area contributed by atoms with Crippen molar-refractivity contribution in [2.24, 2.45) is 0 Å². The molecular weight excluding hydrogens is 220 g/mol. The smallest absolute Gasteiger partial charge is 0.342 e. The summed E-state index contributed by atoms with van der Waals surface area (Å²) in [5.41, 5.74) is 9.36. The molecule has 0 saturated heterocycles. The van der Waals surface area contributed by atoms with Gasteiger partial charge in [0.1, 0.15) is 17.1 Å². The highest BCUT2D eigenvalue weighted by Crippen LogP contribution is 2.27. The van der Waals surface area contributed by atoms with E-state index in [4.69, 9.17) is 11.5 Å². The fraction of sp³-hybridized carbons (Fsp3) is 0.333. The zero-order chi connectivity index (χ0) is 12.3. The summed E-state index contributed by atoms with van der Waals surface area (Å²) < 4.78 is 29.8. The van der Waals surface area contributed by atoms with Crippen molar-refractivity contribution in [3.63, 3.8) is 0 Å². The van der Waals surface area contributed by atoms with E-state index in [1.165, 1.54) is 0 Å². The van der Waals surface area contributed by atoms with Crippen molar-refractivity contribution < 1.29 is 18.3 Å². The number of hydrogen-bond acceptors (Lipinski definition) is 5. The third kappa shape index (κ3) is 2.36. The monoisotopic (exact) mass is 231 g/mol. The number of ether oxygens (including phenoxy) is 1. The van der Waals surface area contributed by atoms with Crippen LogP contribution in [0.3, 0.4) is 0 Å². The number of nitrogens with zero attached hydrogens (tertiary/aromatic N) is 1. The molecule has 0 spiro atoms. The minimum absolute atomic E-state index is 0.0608. The predicted octanol–water partition coefficient (Wildman–Crippen LogP) is 1.36. The number of aromatic nitrogens is 1. The fourth-order valence-electron chi connectivity index (χ4n) is 1.19. The second kappa shape index (κ2) is 4.73. The molecule has 0 radical (unpaired) electrons.